The number of carbonyl (C=O) groups is 1. The number of carbonyl (C=O) groups excluding carboxylic acids is 1. The van der Waals surface area contributed by atoms with Crippen LogP contribution in [0.2, 0.25) is 0 Å². The van der Waals surface area contributed by atoms with E-state index >= 15 is 0 Å². The van der Waals surface area contributed by atoms with Crippen LogP contribution in [0, 0.1) is 0 Å². The van der Waals surface area contributed by atoms with Crippen molar-refractivity contribution < 1.29 is 14.3 Å². The molecule has 0 bridgehead atoms. The Hall–Kier alpha value is -3.35. The SMILES string of the molecule is COc1ccccc1OCC(=O)N(C)[C@H](C)c1ccc(-n2cncn2)cc1. The summed E-state index contributed by atoms with van der Waals surface area (Å²) in [6.07, 6.45) is 3.13. The number of likely N-dealkylation sites (N-methyl/N-ethyl adjacent to an activating group) is 1. The number of hydrogen-bond donors (Lipinski definition) is 0. The van der Waals surface area contributed by atoms with Gasteiger partial charge in [0.25, 0.3) is 5.91 Å². The van der Waals surface area contributed by atoms with Crippen LogP contribution in [0.3, 0.4) is 0 Å². The number of methoxy groups -OCH3 is 1. The van der Waals surface area contributed by atoms with E-state index in [1.807, 2.05) is 43.3 Å². The molecular weight excluding hydrogens is 344 g/mol. The fourth-order valence-electron chi connectivity index (χ4n) is 2.67. The number of amides is 1. The van der Waals surface area contributed by atoms with Gasteiger partial charge in [-0.05, 0) is 36.8 Å². The van der Waals surface area contributed by atoms with Gasteiger partial charge in [-0.15, -0.1) is 0 Å². The van der Waals surface area contributed by atoms with Crippen LogP contribution in [0.15, 0.2) is 61.2 Å². The van der Waals surface area contributed by atoms with Gasteiger partial charge in [0.15, 0.2) is 18.1 Å². The van der Waals surface area contributed by atoms with Crippen molar-refractivity contribution in [2.45, 2.75) is 13.0 Å². The normalized spacial score (nSPS) is 11.7. The topological polar surface area (TPSA) is 69.5 Å². The Morgan fingerprint density at radius 3 is 2.48 bits per heavy atom. The summed E-state index contributed by atoms with van der Waals surface area (Å²) in [5.41, 5.74) is 1.93. The summed E-state index contributed by atoms with van der Waals surface area (Å²) >= 11 is 0. The quantitative estimate of drug-likeness (QED) is 0.643. The molecular formula is C20H22N4O3. The molecule has 0 radical (unpaired) electrons. The standard InChI is InChI=1S/C20H22N4O3/c1-15(16-8-10-17(11-9-16)24-14-21-13-22-24)23(2)20(25)12-27-19-7-5-4-6-18(19)26-3/h4-11,13-15H,12H2,1-3H3/t15-/m1/s1. The molecule has 2 aromatic carbocycles. The van der Waals surface area contributed by atoms with Crippen LogP contribution >= 0.6 is 0 Å². The van der Waals surface area contributed by atoms with Crippen LogP contribution in [-0.2, 0) is 4.79 Å². The first kappa shape index (κ1) is 18.4. The molecule has 0 saturated heterocycles. The number of rotatable bonds is 7. The van der Waals surface area contributed by atoms with E-state index in [2.05, 4.69) is 10.1 Å². The Bertz CT molecular complexity index is 879. The van der Waals surface area contributed by atoms with E-state index in [1.165, 1.54) is 6.33 Å². The zero-order valence-electron chi connectivity index (χ0n) is 15.6. The maximum atomic E-state index is 12.5. The van der Waals surface area contributed by atoms with Gasteiger partial charge in [0, 0.05) is 7.05 Å². The highest BCUT2D eigenvalue weighted by Crippen LogP contribution is 2.26. The Balaban J connectivity index is 1.62. The Labute approximate surface area is 158 Å². The molecule has 0 spiro atoms. The third-order valence-corrected chi connectivity index (χ3v) is 4.45. The summed E-state index contributed by atoms with van der Waals surface area (Å²) in [4.78, 5) is 18.1. The summed E-state index contributed by atoms with van der Waals surface area (Å²) in [5, 5.41) is 4.11. The molecule has 140 valence electrons. The van der Waals surface area contributed by atoms with Gasteiger partial charge in [-0.2, -0.15) is 5.10 Å². The lowest BCUT2D eigenvalue weighted by atomic mass is 10.1. The third-order valence-electron chi connectivity index (χ3n) is 4.45. The molecule has 0 unspecified atom stereocenters. The predicted molar refractivity (Wildman–Crippen MR) is 101 cm³/mol. The number of ether oxygens (including phenoxy) is 2. The Kier molecular flexibility index (Phi) is 5.71. The molecule has 1 aromatic heterocycles. The fourth-order valence-corrected chi connectivity index (χ4v) is 2.67. The van der Waals surface area contributed by atoms with Crippen molar-refractivity contribution >= 4 is 5.91 Å². The van der Waals surface area contributed by atoms with Crippen molar-refractivity contribution in [2.75, 3.05) is 20.8 Å². The number of aromatic nitrogens is 3. The zero-order chi connectivity index (χ0) is 19.2. The minimum Gasteiger partial charge on any atom is -0.493 e. The van der Waals surface area contributed by atoms with Crippen LogP contribution in [0.1, 0.15) is 18.5 Å². The van der Waals surface area contributed by atoms with Crippen molar-refractivity contribution in [2.24, 2.45) is 0 Å². The fraction of sp³-hybridized carbons (Fsp3) is 0.250. The maximum Gasteiger partial charge on any atom is 0.260 e. The number of hydrogen-bond acceptors (Lipinski definition) is 5. The van der Waals surface area contributed by atoms with Gasteiger partial charge < -0.3 is 14.4 Å². The molecule has 7 nitrogen and oxygen atoms in total. The second-order valence-corrected chi connectivity index (χ2v) is 6.05. The van der Waals surface area contributed by atoms with Crippen molar-refractivity contribution in [3.63, 3.8) is 0 Å². The lowest BCUT2D eigenvalue weighted by Crippen LogP contribution is -2.33. The molecule has 0 fully saturated rings. The largest absolute Gasteiger partial charge is 0.493 e. The van der Waals surface area contributed by atoms with E-state index in [0.717, 1.165) is 11.3 Å². The van der Waals surface area contributed by atoms with E-state index in [9.17, 15) is 4.79 Å². The summed E-state index contributed by atoms with van der Waals surface area (Å²) in [7, 11) is 3.34. The summed E-state index contributed by atoms with van der Waals surface area (Å²) < 4.78 is 12.6. The van der Waals surface area contributed by atoms with E-state index in [1.54, 1.807) is 42.2 Å². The molecule has 0 aliphatic carbocycles. The van der Waals surface area contributed by atoms with E-state index in [0.29, 0.717) is 11.5 Å². The Morgan fingerprint density at radius 1 is 1.15 bits per heavy atom. The van der Waals surface area contributed by atoms with Crippen LogP contribution < -0.4 is 9.47 Å². The van der Waals surface area contributed by atoms with Crippen molar-refractivity contribution in [1.82, 2.24) is 19.7 Å². The number of benzene rings is 2. The minimum absolute atomic E-state index is 0.0573. The summed E-state index contributed by atoms with van der Waals surface area (Å²) in [6.45, 7) is 1.92. The second kappa shape index (κ2) is 8.35. The van der Waals surface area contributed by atoms with Crippen LogP contribution in [-0.4, -0.2) is 46.3 Å². The smallest absolute Gasteiger partial charge is 0.260 e. The molecule has 1 amide bonds. The summed E-state index contributed by atoms with van der Waals surface area (Å²) in [5.74, 6) is 1.03. The lowest BCUT2D eigenvalue weighted by Gasteiger charge is -2.25. The first-order valence-corrected chi connectivity index (χ1v) is 8.56. The van der Waals surface area contributed by atoms with Gasteiger partial charge in [0.05, 0.1) is 18.8 Å². The van der Waals surface area contributed by atoms with Crippen LogP contribution in [0.25, 0.3) is 5.69 Å². The highest BCUT2D eigenvalue weighted by molar-refractivity contribution is 5.78. The highest BCUT2D eigenvalue weighted by atomic mass is 16.5. The molecule has 0 aliphatic heterocycles. The molecule has 1 heterocycles. The second-order valence-electron chi connectivity index (χ2n) is 6.05. The third kappa shape index (κ3) is 4.25. The molecule has 1 atom stereocenters. The average molecular weight is 366 g/mol. The van der Waals surface area contributed by atoms with Gasteiger partial charge >= 0.3 is 0 Å². The highest BCUT2D eigenvalue weighted by Gasteiger charge is 2.18. The van der Waals surface area contributed by atoms with E-state index in [4.69, 9.17) is 9.47 Å². The van der Waals surface area contributed by atoms with Crippen molar-refractivity contribution in [1.29, 1.82) is 0 Å². The van der Waals surface area contributed by atoms with E-state index < -0.39 is 0 Å². The van der Waals surface area contributed by atoms with Crippen LogP contribution in [0.4, 0.5) is 0 Å². The first-order chi connectivity index (χ1) is 13.1. The average Bonchev–Trinajstić information content (AvgIpc) is 3.26. The molecule has 27 heavy (non-hydrogen) atoms. The molecule has 3 rings (SSSR count). The molecule has 0 saturated carbocycles. The predicted octanol–water partition coefficient (Wildman–Crippen LogP) is 2.87. The number of nitrogens with zero attached hydrogens (tertiary/aromatic N) is 4. The molecule has 7 heteroatoms. The minimum atomic E-state index is -0.117. The first-order valence-electron chi connectivity index (χ1n) is 8.56. The van der Waals surface area contributed by atoms with Gasteiger partial charge in [-0.25, -0.2) is 9.67 Å². The zero-order valence-corrected chi connectivity index (χ0v) is 15.6. The van der Waals surface area contributed by atoms with Gasteiger partial charge in [-0.3, -0.25) is 4.79 Å². The summed E-state index contributed by atoms with van der Waals surface area (Å²) in [6, 6.07) is 15.0. The van der Waals surface area contributed by atoms with Crippen LogP contribution in [0.5, 0.6) is 11.5 Å². The van der Waals surface area contributed by atoms with Gasteiger partial charge in [0.1, 0.15) is 12.7 Å². The molecule has 0 N–H and O–H groups in total. The van der Waals surface area contributed by atoms with Gasteiger partial charge in [-0.1, -0.05) is 24.3 Å². The lowest BCUT2D eigenvalue weighted by molar-refractivity contribution is -0.134. The van der Waals surface area contributed by atoms with Crippen molar-refractivity contribution in [3.8, 4) is 17.2 Å². The van der Waals surface area contributed by atoms with Gasteiger partial charge in [0.2, 0.25) is 0 Å². The Morgan fingerprint density at radius 2 is 1.85 bits per heavy atom. The molecule has 0 aliphatic rings. The monoisotopic (exact) mass is 366 g/mol. The number of para-hydroxylation sites is 2. The maximum absolute atomic E-state index is 12.5. The molecule has 3 aromatic rings. The van der Waals surface area contributed by atoms with E-state index in [-0.39, 0.29) is 18.6 Å². The van der Waals surface area contributed by atoms with Crippen molar-refractivity contribution in [3.05, 3.63) is 66.7 Å².